The summed E-state index contributed by atoms with van der Waals surface area (Å²) in [5.41, 5.74) is 7.70. The van der Waals surface area contributed by atoms with Crippen LogP contribution in [0.1, 0.15) is 33.2 Å². The number of nitrogens with one attached hydrogen (secondary N) is 2. The molecule has 1 unspecified atom stereocenters. The highest BCUT2D eigenvalue weighted by Crippen LogP contribution is 2.26. The zero-order chi connectivity index (χ0) is 14.7. The van der Waals surface area contributed by atoms with Gasteiger partial charge in [-0.3, -0.25) is 4.79 Å². The SMILES string of the molecule is CNC(=O)c1ccc(N)cc1NC(C)c1ncc(C)s1. The molecule has 0 fully saturated rings. The van der Waals surface area contributed by atoms with Gasteiger partial charge in [-0.2, -0.15) is 0 Å². The predicted octanol–water partition coefficient (Wildman–Crippen LogP) is 2.57. The lowest BCUT2D eigenvalue weighted by molar-refractivity contribution is 0.0964. The summed E-state index contributed by atoms with van der Waals surface area (Å²) in [4.78, 5) is 17.4. The lowest BCUT2D eigenvalue weighted by atomic mass is 10.1. The lowest BCUT2D eigenvalue weighted by Crippen LogP contribution is -2.20. The highest BCUT2D eigenvalue weighted by atomic mass is 32.1. The minimum atomic E-state index is -0.144. The second-order valence-electron chi connectivity index (χ2n) is 4.56. The van der Waals surface area contributed by atoms with E-state index in [1.54, 1.807) is 36.6 Å². The maximum absolute atomic E-state index is 11.9. The van der Waals surface area contributed by atoms with Gasteiger partial charge in [0.1, 0.15) is 5.01 Å². The zero-order valence-electron chi connectivity index (χ0n) is 11.7. The van der Waals surface area contributed by atoms with E-state index < -0.39 is 0 Å². The third kappa shape index (κ3) is 3.08. The third-order valence-corrected chi connectivity index (χ3v) is 3.99. The standard InChI is InChI=1S/C14H18N4OS/c1-8-7-17-14(20-8)9(2)18-12-6-10(15)4-5-11(12)13(19)16-3/h4-7,9,18H,15H2,1-3H3,(H,16,19). The molecule has 0 radical (unpaired) electrons. The molecule has 5 nitrogen and oxygen atoms in total. The fourth-order valence-corrected chi connectivity index (χ4v) is 2.66. The molecular weight excluding hydrogens is 272 g/mol. The topological polar surface area (TPSA) is 80.0 Å². The molecule has 2 rings (SSSR count). The number of hydrogen-bond acceptors (Lipinski definition) is 5. The van der Waals surface area contributed by atoms with Crippen LogP contribution in [0.3, 0.4) is 0 Å². The first-order valence-electron chi connectivity index (χ1n) is 6.31. The number of nitrogens with two attached hydrogens (primary N) is 1. The number of aromatic nitrogens is 1. The van der Waals surface area contributed by atoms with Crippen LogP contribution in [0, 0.1) is 6.92 Å². The highest BCUT2D eigenvalue weighted by molar-refractivity contribution is 7.11. The number of nitrogens with zero attached hydrogens (tertiary/aromatic N) is 1. The fraction of sp³-hybridized carbons (Fsp3) is 0.286. The number of anilines is 2. The molecule has 1 atom stereocenters. The van der Waals surface area contributed by atoms with Gasteiger partial charge in [-0.05, 0) is 32.0 Å². The minimum Gasteiger partial charge on any atom is -0.399 e. The normalized spacial score (nSPS) is 11.9. The zero-order valence-corrected chi connectivity index (χ0v) is 12.5. The second kappa shape index (κ2) is 5.92. The Hall–Kier alpha value is -2.08. The summed E-state index contributed by atoms with van der Waals surface area (Å²) in [7, 11) is 1.61. The number of carbonyl (C=O) groups is 1. The number of rotatable bonds is 4. The molecule has 0 bridgehead atoms. The van der Waals surface area contributed by atoms with E-state index in [2.05, 4.69) is 15.6 Å². The van der Waals surface area contributed by atoms with Gasteiger partial charge in [0.2, 0.25) is 0 Å². The molecule has 0 aliphatic heterocycles. The summed E-state index contributed by atoms with van der Waals surface area (Å²) in [5.74, 6) is -0.144. The van der Waals surface area contributed by atoms with Gasteiger partial charge in [0.05, 0.1) is 11.6 Å². The molecule has 6 heteroatoms. The van der Waals surface area contributed by atoms with E-state index in [1.807, 2.05) is 20.0 Å². The molecule has 1 aromatic heterocycles. The Balaban J connectivity index is 2.28. The van der Waals surface area contributed by atoms with Crippen molar-refractivity contribution in [2.45, 2.75) is 19.9 Å². The molecule has 0 saturated carbocycles. The monoisotopic (exact) mass is 290 g/mol. The first kappa shape index (κ1) is 14.3. The largest absolute Gasteiger partial charge is 0.399 e. The first-order chi connectivity index (χ1) is 9.51. The van der Waals surface area contributed by atoms with Crippen molar-refractivity contribution in [3.05, 3.63) is 39.8 Å². The number of benzene rings is 1. The summed E-state index contributed by atoms with van der Waals surface area (Å²) in [6.07, 6.45) is 1.84. The van der Waals surface area contributed by atoms with E-state index in [0.717, 1.165) is 9.88 Å². The van der Waals surface area contributed by atoms with E-state index in [0.29, 0.717) is 16.9 Å². The van der Waals surface area contributed by atoms with Crippen LogP contribution in [0.4, 0.5) is 11.4 Å². The average Bonchev–Trinajstić information content (AvgIpc) is 2.85. The van der Waals surface area contributed by atoms with Crippen molar-refractivity contribution in [3.8, 4) is 0 Å². The first-order valence-corrected chi connectivity index (χ1v) is 7.13. The third-order valence-electron chi connectivity index (χ3n) is 2.90. The van der Waals surface area contributed by atoms with E-state index in [4.69, 9.17) is 5.73 Å². The van der Waals surface area contributed by atoms with E-state index in [9.17, 15) is 4.79 Å². The minimum absolute atomic E-state index is 0.0129. The molecule has 20 heavy (non-hydrogen) atoms. The van der Waals surface area contributed by atoms with Gasteiger partial charge in [-0.1, -0.05) is 0 Å². The van der Waals surface area contributed by atoms with Crippen LogP contribution >= 0.6 is 11.3 Å². The van der Waals surface area contributed by atoms with Crippen molar-refractivity contribution < 1.29 is 4.79 Å². The van der Waals surface area contributed by atoms with Gasteiger partial charge in [0.15, 0.2) is 0 Å². The summed E-state index contributed by atoms with van der Waals surface area (Å²) < 4.78 is 0. The quantitative estimate of drug-likeness (QED) is 0.756. The van der Waals surface area contributed by atoms with Crippen LogP contribution in [0.5, 0.6) is 0 Å². The smallest absolute Gasteiger partial charge is 0.253 e. The number of aryl methyl sites for hydroxylation is 1. The van der Waals surface area contributed by atoms with E-state index in [1.165, 1.54) is 0 Å². The average molecular weight is 290 g/mol. The Kier molecular flexibility index (Phi) is 4.24. The maximum Gasteiger partial charge on any atom is 0.253 e. The molecule has 4 N–H and O–H groups in total. The van der Waals surface area contributed by atoms with Crippen molar-refractivity contribution in [3.63, 3.8) is 0 Å². The van der Waals surface area contributed by atoms with Gasteiger partial charge >= 0.3 is 0 Å². The Morgan fingerprint density at radius 3 is 2.80 bits per heavy atom. The van der Waals surface area contributed by atoms with Crippen LogP contribution in [0.2, 0.25) is 0 Å². The summed E-state index contributed by atoms with van der Waals surface area (Å²) in [6.45, 7) is 4.03. The highest BCUT2D eigenvalue weighted by Gasteiger charge is 2.15. The van der Waals surface area contributed by atoms with Gasteiger partial charge in [0.25, 0.3) is 5.91 Å². The van der Waals surface area contributed by atoms with Crippen LogP contribution < -0.4 is 16.4 Å². The molecule has 1 amide bonds. The number of hydrogen-bond donors (Lipinski definition) is 3. The molecule has 0 aliphatic rings. The Labute approximate surface area is 122 Å². The molecule has 1 heterocycles. The molecular formula is C14H18N4OS. The van der Waals surface area contributed by atoms with Crippen molar-refractivity contribution in [1.29, 1.82) is 0 Å². The Morgan fingerprint density at radius 1 is 1.45 bits per heavy atom. The van der Waals surface area contributed by atoms with Crippen LogP contribution in [0.25, 0.3) is 0 Å². The molecule has 0 spiro atoms. The van der Waals surface area contributed by atoms with E-state index in [-0.39, 0.29) is 11.9 Å². The Morgan fingerprint density at radius 2 is 2.20 bits per heavy atom. The van der Waals surface area contributed by atoms with E-state index >= 15 is 0 Å². The molecule has 2 aromatic rings. The van der Waals surface area contributed by atoms with Crippen molar-refractivity contribution in [1.82, 2.24) is 10.3 Å². The number of thiazole rings is 1. The molecule has 0 aliphatic carbocycles. The fourth-order valence-electron chi connectivity index (χ4n) is 1.88. The van der Waals surface area contributed by atoms with Crippen LogP contribution in [-0.2, 0) is 0 Å². The van der Waals surface area contributed by atoms with Gasteiger partial charge < -0.3 is 16.4 Å². The van der Waals surface area contributed by atoms with Crippen molar-refractivity contribution in [2.75, 3.05) is 18.1 Å². The van der Waals surface area contributed by atoms with Gasteiger partial charge in [-0.15, -0.1) is 11.3 Å². The van der Waals surface area contributed by atoms with Gasteiger partial charge in [-0.25, -0.2) is 4.98 Å². The second-order valence-corrected chi connectivity index (χ2v) is 5.83. The van der Waals surface area contributed by atoms with Crippen molar-refractivity contribution >= 4 is 28.6 Å². The summed E-state index contributed by atoms with van der Waals surface area (Å²) >= 11 is 1.63. The summed E-state index contributed by atoms with van der Waals surface area (Å²) in [5, 5.41) is 6.91. The van der Waals surface area contributed by atoms with Crippen LogP contribution in [-0.4, -0.2) is 17.9 Å². The number of amides is 1. The molecule has 106 valence electrons. The number of nitrogen functional groups attached to an aromatic ring is 1. The number of carbonyl (C=O) groups excluding carboxylic acids is 1. The molecule has 0 saturated heterocycles. The lowest BCUT2D eigenvalue weighted by Gasteiger charge is -2.16. The summed E-state index contributed by atoms with van der Waals surface area (Å²) in [6, 6.07) is 5.21. The van der Waals surface area contributed by atoms with Crippen molar-refractivity contribution in [2.24, 2.45) is 0 Å². The maximum atomic E-state index is 11.9. The van der Waals surface area contributed by atoms with Gasteiger partial charge in [0, 0.05) is 29.5 Å². The molecule has 1 aromatic carbocycles. The van der Waals surface area contributed by atoms with Crippen LogP contribution in [0.15, 0.2) is 24.4 Å². The predicted molar refractivity (Wildman–Crippen MR) is 83.1 cm³/mol. The Bertz CT molecular complexity index is 623.